The molecule has 2 aromatic carbocycles. The number of carbonyl (C=O) groups is 2. The van der Waals surface area contributed by atoms with Crippen LogP contribution in [0.2, 0.25) is 0 Å². The maximum atomic E-state index is 14.5. The van der Waals surface area contributed by atoms with E-state index in [1.165, 1.54) is 18.3 Å². The Kier molecular flexibility index (Phi) is 9.33. The number of nitrogens with one attached hydrogen (secondary N) is 2. The molecule has 5 rings (SSSR count). The molecule has 0 radical (unpaired) electrons. The highest BCUT2D eigenvalue weighted by Gasteiger charge is 2.52. The number of benzene rings is 2. The summed E-state index contributed by atoms with van der Waals surface area (Å²) in [6.45, 7) is 13.3. The van der Waals surface area contributed by atoms with Crippen LogP contribution >= 0.6 is 0 Å². The maximum Gasteiger partial charge on any atom is 0.494 e. The Labute approximate surface area is 273 Å². The zero-order chi connectivity index (χ0) is 34.3. The Hall–Kier alpha value is -4.14. The van der Waals surface area contributed by atoms with Crippen LogP contribution in [0.15, 0.2) is 48.7 Å². The van der Waals surface area contributed by atoms with Crippen molar-refractivity contribution in [2.45, 2.75) is 83.8 Å². The van der Waals surface area contributed by atoms with Gasteiger partial charge in [0, 0.05) is 18.2 Å². The molecule has 0 spiro atoms. The second kappa shape index (κ2) is 12.8. The number of amides is 2. The molecule has 2 fully saturated rings. The second-order valence-electron chi connectivity index (χ2n) is 13.8. The number of rotatable bonds is 7. The van der Waals surface area contributed by atoms with Gasteiger partial charge in [-0.25, -0.2) is 23.5 Å². The van der Waals surface area contributed by atoms with Gasteiger partial charge in [0.2, 0.25) is 0 Å². The summed E-state index contributed by atoms with van der Waals surface area (Å²) in [7, 11) is -0.719. The van der Waals surface area contributed by atoms with Crippen molar-refractivity contribution in [2.75, 3.05) is 23.4 Å². The maximum absolute atomic E-state index is 14.5. The van der Waals surface area contributed by atoms with E-state index in [1.54, 1.807) is 18.2 Å². The summed E-state index contributed by atoms with van der Waals surface area (Å²) >= 11 is 0. The van der Waals surface area contributed by atoms with Gasteiger partial charge in [-0.15, -0.1) is 0 Å². The number of ether oxygens (including phenoxy) is 1. The topological polar surface area (TPSA) is 135 Å². The second-order valence-corrected chi connectivity index (χ2v) is 13.8. The zero-order valence-corrected chi connectivity index (χ0v) is 27.6. The van der Waals surface area contributed by atoms with Crippen molar-refractivity contribution >= 4 is 36.0 Å². The number of aliphatic hydroxyl groups is 1. The number of aliphatic hydroxyl groups excluding tert-OH is 1. The fourth-order valence-electron chi connectivity index (χ4n) is 5.44. The summed E-state index contributed by atoms with van der Waals surface area (Å²) in [6, 6.07) is 9.51. The van der Waals surface area contributed by atoms with Gasteiger partial charge in [0.15, 0.2) is 5.82 Å². The molecule has 3 N–H and O–H groups in total. The number of aromatic nitrogens is 2. The van der Waals surface area contributed by atoms with E-state index >= 15 is 0 Å². The van der Waals surface area contributed by atoms with Gasteiger partial charge in [0.05, 0.1) is 47.3 Å². The highest BCUT2D eigenvalue weighted by atomic mass is 19.1. The molecule has 0 saturated carbocycles. The predicted molar refractivity (Wildman–Crippen MR) is 173 cm³/mol. The van der Waals surface area contributed by atoms with Crippen molar-refractivity contribution in [3.05, 3.63) is 66.0 Å². The highest BCUT2D eigenvalue weighted by molar-refractivity contribution is 6.62. The van der Waals surface area contributed by atoms with Crippen LogP contribution in [0.5, 0.6) is 0 Å². The van der Waals surface area contributed by atoms with Gasteiger partial charge < -0.3 is 34.7 Å². The Morgan fingerprint density at radius 3 is 2.36 bits per heavy atom. The van der Waals surface area contributed by atoms with E-state index in [0.29, 0.717) is 23.3 Å². The van der Waals surface area contributed by atoms with Crippen LogP contribution < -0.4 is 21.0 Å². The van der Waals surface area contributed by atoms with Gasteiger partial charge in [0.25, 0.3) is 5.91 Å². The molecule has 3 heterocycles. The number of anilines is 2. The molecule has 2 atom stereocenters. The Bertz CT molecular complexity index is 1630. The van der Waals surface area contributed by atoms with E-state index in [2.05, 4.69) is 20.6 Å². The predicted octanol–water partition coefficient (Wildman–Crippen LogP) is 4.44. The molecule has 3 aromatic rings. The largest absolute Gasteiger partial charge is 0.494 e. The van der Waals surface area contributed by atoms with Crippen molar-refractivity contribution in [3.8, 4) is 11.4 Å². The minimum Gasteiger partial charge on any atom is -0.444 e. The van der Waals surface area contributed by atoms with Gasteiger partial charge in [-0.1, -0.05) is 12.1 Å². The van der Waals surface area contributed by atoms with E-state index in [4.69, 9.17) is 14.0 Å². The summed E-state index contributed by atoms with van der Waals surface area (Å²) in [5, 5.41) is 16.0. The monoisotopic (exact) mass is 651 g/mol. The van der Waals surface area contributed by atoms with Crippen molar-refractivity contribution in [1.29, 1.82) is 0 Å². The molecule has 250 valence electrons. The van der Waals surface area contributed by atoms with Gasteiger partial charge in [-0.05, 0) is 84.3 Å². The Morgan fingerprint density at radius 1 is 1.09 bits per heavy atom. The number of nitrogens with zero attached hydrogens (tertiary/aromatic N) is 3. The third-order valence-electron chi connectivity index (χ3n) is 8.52. The first kappa shape index (κ1) is 34.2. The standard InChI is InChI=1S/C33H40BF2N5O6/c1-31(2,3)40-30(44)45-21-16-20(18-42)41(17-21)26-15-19(34-46-32(4,5)33(6,7)47-34)11-12-24(26)39-29(43)25-13-14-37-28(38-25)27-22(35)9-8-10-23(27)36/h8-15,20-21,42H,16-18H2,1-7H3,(H,39,43)(H,40,44)/t20-,21-/m0/s1. The normalized spacial score (nSPS) is 20.3. The lowest BCUT2D eigenvalue weighted by Gasteiger charge is -2.32. The zero-order valence-electron chi connectivity index (χ0n) is 27.6. The number of hydrogen-bond acceptors (Lipinski definition) is 9. The molecule has 14 heteroatoms. The molecule has 1 aromatic heterocycles. The van der Waals surface area contributed by atoms with Crippen LogP contribution in [0.1, 0.15) is 65.4 Å². The van der Waals surface area contributed by atoms with Gasteiger partial charge in [0.1, 0.15) is 23.4 Å². The van der Waals surface area contributed by atoms with Crippen molar-refractivity contribution < 1.29 is 37.5 Å². The van der Waals surface area contributed by atoms with Crippen LogP contribution in [0.3, 0.4) is 0 Å². The molecule has 0 aliphatic carbocycles. The number of halogens is 2. The lowest BCUT2D eigenvalue weighted by molar-refractivity contribution is 0.00578. The quantitative estimate of drug-likeness (QED) is 0.317. The smallest absolute Gasteiger partial charge is 0.444 e. The molecule has 2 amide bonds. The molecule has 2 aliphatic rings. The number of hydrogen-bond donors (Lipinski definition) is 3. The average molecular weight is 652 g/mol. The van der Waals surface area contributed by atoms with Crippen molar-refractivity contribution in [1.82, 2.24) is 15.3 Å². The van der Waals surface area contributed by atoms with Crippen LogP contribution in [0, 0.1) is 11.6 Å². The first-order chi connectivity index (χ1) is 22.0. The molecule has 0 unspecified atom stereocenters. The molecule has 47 heavy (non-hydrogen) atoms. The lowest BCUT2D eigenvalue weighted by Crippen LogP contribution is -2.42. The number of alkyl carbamates (subject to hydrolysis) is 1. The third kappa shape index (κ3) is 7.39. The highest BCUT2D eigenvalue weighted by Crippen LogP contribution is 2.38. The summed E-state index contributed by atoms with van der Waals surface area (Å²) in [4.78, 5) is 36.1. The Morgan fingerprint density at radius 2 is 1.74 bits per heavy atom. The molecule has 11 nitrogen and oxygen atoms in total. The number of carbonyl (C=O) groups excluding carboxylic acids is 2. The fraction of sp³-hybridized carbons (Fsp3) is 0.455. The lowest BCUT2D eigenvalue weighted by atomic mass is 9.78. The van der Waals surface area contributed by atoms with Crippen molar-refractivity contribution in [2.24, 2.45) is 0 Å². The van der Waals surface area contributed by atoms with E-state index in [0.717, 1.165) is 12.1 Å². The van der Waals surface area contributed by atoms with Crippen LogP contribution in [0.4, 0.5) is 25.0 Å². The van der Waals surface area contributed by atoms with E-state index in [9.17, 15) is 23.5 Å². The van der Waals surface area contributed by atoms with Gasteiger partial charge in [-0.3, -0.25) is 4.79 Å². The first-order valence-corrected chi connectivity index (χ1v) is 15.4. The van der Waals surface area contributed by atoms with E-state index in [1.807, 2.05) is 53.4 Å². The fourth-order valence-corrected chi connectivity index (χ4v) is 5.44. The van der Waals surface area contributed by atoms with Crippen molar-refractivity contribution in [3.63, 3.8) is 0 Å². The van der Waals surface area contributed by atoms with Crippen LogP contribution in [0.25, 0.3) is 11.4 Å². The minimum absolute atomic E-state index is 0.126. The summed E-state index contributed by atoms with van der Waals surface area (Å²) in [5.74, 6) is -2.66. The molecular formula is C33H40BF2N5O6. The summed E-state index contributed by atoms with van der Waals surface area (Å²) in [5.41, 5.74) is -0.742. The van der Waals surface area contributed by atoms with E-state index < -0.39 is 65.2 Å². The summed E-state index contributed by atoms with van der Waals surface area (Å²) in [6.07, 6.45) is 0.453. The van der Waals surface area contributed by atoms with Gasteiger partial charge in [-0.2, -0.15) is 0 Å². The minimum atomic E-state index is -0.861. The van der Waals surface area contributed by atoms with Gasteiger partial charge >= 0.3 is 13.2 Å². The molecular weight excluding hydrogens is 611 g/mol. The average Bonchev–Trinajstić information content (AvgIpc) is 3.47. The molecule has 2 saturated heterocycles. The Balaban J connectivity index is 1.48. The SMILES string of the molecule is CC(C)(C)NC(=O)O[C@H]1C[C@@H](CO)N(c2cc(B3OC(C)(C)C(C)(C)O3)ccc2NC(=O)c2ccnc(-c3c(F)cccc3F)n2)C1. The molecule has 0 bridgehead atoms. The third-order valence-corrected chi connectivity index (χ3v) is 8.52. The van der Waals surface area contributed by atoms with Crippen LogP contribution in [-0.4, -0.2) is 76.2 Å². The first-order valence-electron chi connectivity index (χ1n) is 15.4. The van der Waals surface area contributed by atoms with E-state index in [-0.39, 0.29) is 24.7 Å². The van der Waals surface area contributed by atoms with Crippen LogP contribution in [-0.2, 0) is 14.0 Å². The summed E-state index contributed by atoms with van der Waals surface area (Å²) < 4.78 is 47.2. The molecule has 2 aliphatic heterocycles.